The molecule has 1 aromatic rings. The summed E-state index contributed by atoms with van der Waals surface area (Å²) in [4.78, 5) is 4.24. The Morgan fingerprint density at radius 2 is 2.22 bits per heavy atom. The van der Waals surface area contributed by atoms with Gasteiger partial charge in [0.05, 0.1) is 12.2 Å². The van der Waals surface area contributed by atoms with Crippen molar-refractivity contribution in [2.24, 2.45) is 5.92 Å². The van der Waals surface area contributed by atoms with Gasteiger partial charge in [-0.05, 0) is 39.2 Å². The van der Waals surface area contributed by atoms with Crippen LogP contribution in [0.1, 0.15) is 43.0 Å². The molecule has 0 amide bonds. The van der Waals surface area contributed by atoms with Crippen LogP contribution in [0.4, 0.5) is 8.78 Å². The number of nitrogens with zero attached hydrogens (tertiary/aromatic N) is 1. The second kappa shape index (κ2) is 5.34. The van der Waals surface area contributed by atoms with Gasteiger partial charge in [0, 0.05) is 12.8 Å². The second-order valence-corrected chi connectivity index (χ2v) is 5.20. The number of aromatic nitrogens is 1. The van der Waals surface area contributed by atoms with Crippen LogP contribution in [-0.4, -0.2) is 17.5 Å². The Morgan fingerprint density at radius 3 is 2.83 bits per heavy atom. The third kappa shape index (κ3) is 3.51. The van der Waals surface area contributed by atoms with Crippen LogP contribution in [0, 0.1) is 19.8 Å². The number of hydrogen-bond donors (Lipinski definition) is 1. The smallest absolute Gasteiger partial charge is 0.248 e. The largest absolute Gasteiger partial charge is 0.444 e. The summed E-state index contributed by atoms with van der Waals surface area (Å²) in [5.41, 5.74) is 0.885. The lowest BCUT2D eigenvalue weighted by Gasteiger charge is -2.28. The molecule has 18 heavy (non-hydrogen) atoms. The molecule has 1 fully saturated rings. The number of halogens is 2. The van der Waals surface area contributed by atoms with Crippen LogP contribution in [0.5, 0.6) is 0 Å². The average molecular weight is 258 g/mol. The predicted octanol–water partition coefficient (Wildman–Crippen LogP) is 3.21. The van der Waals surface area contributed by atoms with E-state index >= 15 is 0 Å². The minimum atomic E-state index is -2.47. The molecule has 1 aliphatic carbocycles. The van der Waals surface area contributed by atoms with Crippen molar-refractivity contribution >= 4 is 0 Å². The molecule has 0 bridgehead atoms. The van der Waals surface area contributed by atoms with Gasteiger partial charge in [0.1, 0.15) is 5.76 Å². The lowest BCUT2D eigenvalue weighted by Crippen LogP contribution is -2.32. The predicted molar refractivity (Wildman–Crippen MR) is 64.6 cm³/mol. The maximum absolute atomic E-state index is 13.2. The van der Waals surface area contributed by atoms with Crippen LogP contribution < -0.4 is 5.32 Å². The fourth-order valence-corrected chi connectivity index (χ4v) is 2.45. The van der Waals surface area contributed by atoms with E-state index in [1.54, 1.807) is 0 Å². The number of aryl methyl sites for hydroxylation is 2. The lowest BCUT2D eigenvalue weighted by atomic mass is 9.86. The second-order valence-electron chi connectivity index (χ2n) is 5.20. The summed E-state index contributed by atoms with van der Waals surface area (Å²) < 4.78 is 31.8. The van der Waals surface area contributed by atoms with E-state index < -0.39 is 5.92 Å². The Labute approximate surface area is 106 Å². The van der Waals surface area contributed by atoms with Gasteiger partial charge in [-0.3, -0.25) is 0 Å². The zero-order valence-electron chi connectivity index (χ0n) is 10.9. The quantitative estimate of drug-likeness (QED) is 0.901. The highest BCUT2D eigenvalue weighted by atomic mass is 19.3. The van der Waals surface area contributed by atoms with Crippen LogP contribution >= 0.6 is 0 Å². The summed E-state index contributed by atoms with van der Waals surface area (Å²) in [5, 5.41) is 3.16. The van der Waals surface area contributed by atoms with E-state index in [0.717, 1.165) is 17.9 Å². The van der Waals surface area contributed by atoms with E-state index in [1.807, 2.05) is 13.8 Å². The Balaban J connectivity index is 1.75. The highest BCUT2D eigenvalue weighted by molar-refractivity contribution is 5.05. The fraction of sp³-hybridized carbons (Fsp3) is 0.769. The van der Waals surface area contributed by atoms with Gasteiger partial charge < -0.3 is 9.73 Å². The van der Waals surface area contributed by atoms with Crippen molar-refractivity contribution in [3.05, 3.63) is 17.3 Å². The monoisotopic (exact) mass is 258 g/mol. The molecule has 0 spiro atoms. The Bertz CT molecular complexity index is 384. The van der Waals surface area contributed by atoms with Crippen LogP contribution in [0.2, 0.25) is 0 Å². The highest BCUT2D eigenvalue weighted by Gasteiger charge is 2.35. The number of oxazole rings is 1. The van der Waals surface area contributed by atoms with Crippen molar-refractivity contribution < 1.29 is 13.2 Å². The standard InChI is InChI=1S/C13H20F2N2O/c1-9-10(2)18-12(17-9)8-16-7-11-4-3-5-13(14,15)6-11/h11,16H,3-8H2,1-2H3. The van der Waals surface area contributed by atoms with Crippen LogP contribution in [0.25, 0.3) is 0 Å². The molecule has 3 nitrogen and oxygen atoms in total. The molecule has 5 heteroatoms. The van der Waals surface area contributed by atoms with E-state index in [1.165, 1.54) is 0 Å². The molecule has 0 radical (unpaired) electrons. The summed E-state index contributed by atoms with van der Waals surface area (Å²) in [7, 11) is 0. The Morgan fingerprint density at radius 1 is 1.44 bits per heavy atom. The molecule has 2 rings (SSSR count). The minimum Gasteiger partial charge on any atom is -0.444 e. The summed E-state index contributed by atoms with van der Waals surface area (Å²) in [6.45, 7) is 4.88. The van der Waals surface area contributed by atoms with Crippen molar-refractivity contribution in [1.82, 2.24) is 10.3 Å². The van der Waals surface area contributed by atoms with Crippen LogP contribution in [-0.2, 0) is 6.54 Å². The Kier molecular flexibility index (Phi) is 4.00. The van der Waals surface area contributed by atoms with Crippen molar-refractivity contribution in [2.75, 3.05) is 6.54 Å². The van der Waals surface area contributed by atoms with E-state index in [2.05, 4.69) is 10.3 Å². The van der Waals surface area contributed by atoms with Crippen LogP contribution in [0.3, 0.4) is 0 Å². The van der Waals surface area contributed by atoms with Crippen molar-refractivity contribution in [3.63, 3.8) is 0 Å². The Hall–Kier alpha value is -0.970. The van der Waals surface area contributed by atoms with Gasteiger partial charge >= 0.3 is 0 Å². The van der Waals surface area contributed by atoms with Crippen LogP contribution in [0.15, 0.2) is 4.42 Å². The molecular formula is C13H20F2N2O. The number of alkyl halides is 2. The molecule has 1 aromatic heterocycles. The van der Waals surface area contributed by atoms with Gasteiger partial charge in [0.25, 0.3) is 0 Å². The molecule has 1 N–H and O–H groups in total. The number of rotatable bonds is 4. The maximum atomic E-state index is 13.2. The normalized spacial score (nSPS) is 23.2. The van der Waals surface area contributed by atoms with E-state index in [-0.39, 0.29) is 18.8 Å². The summed E-state index contributed by atoms with van der Waals surface area (Å²) in [6, 6.07) is 0. The molecule has 0 aliphatic heterocycles. The zero-order valence-corrected chi connectivity index (χ0v) is 10.9. The van der Waals surface area contributed by atoms with E-state index in [4.69, 9.17) is 4.42 Å². The first-order valence-corrected chi connectivity index (χ1v) is 6.48. The first-order valence-electron chi connectivity index (χ1n) is 6.48. The maximum Gasteiger partial charge on any atom is 0.248 e. The van der Waals surface area contributed by atoms with E-state index in [0.29, 0.717) is 25.4 Å². The molecule has 1 unspecified atom stereocenters. The van der Waals surface area contributed by atoms with Crippen molar-refractivity contribution in [3.8, 4) is 0 Å². The van der Waals surface area contributed by atoms with Gasteiger partial charge in [-0.15, -0.1) is 0 Å². The first-order chi connectivity index (χ1) is 8.46. The first kappa shape index (κ1) is 13.5. The number of hydrogen-bond acceptors (Lipinski definition) is 3. The SMILES string of the molecule is Cc1nc(CNCC2CCCC(F)(F)C2)oc1C. The van der Waals surface area contributed by atoms with Gasteiger partial charge in [-0.2, -0.15) is 0 Å². The van der Waals surface area contributed by atoms with Crippen molar-refractivity contribution in [2.45, 2.75) is 52.0 Å². The molecule has 1 aliphatic rings. The van der Waals surface area contributed by atoms with Gasteiger partial charge in [0.2, 0.25) is 11.8 Å². The van der Waals surface area contributed by atoms with Crippen molar-refractivity contribution in [1.29, 1.82) is 0 Å². The van der Waals surface area contributed by atoms with Gasteiger partial charge in [-0.25, -0.2) is 13.8 Å². The summed E-state index contributed by atoms with van der Waals surface area (Å²) >= 11 is 0. The average Bonchev–Trinajstić information content (AvgIpc) is 2.57. The van der Waals surface area contributed by atoms with Gasteiger partial charge in [0.15, 0.2) is 0 Å². The van der Waals surface area contributed by atoms with E-state index in [9.17, 15) is 8.78 Å². The molecule has 102 valence electrons. The molecule has 0 aromatic carbocycles. The highest BCUT2D eigenvalue weighted by Crippen LogP contribution is 2.36. The molecule has 1 atom stereocenters. The molecular weight excluding hydrogens is 238 g/mol. The zero-order chi connectivity index (χ0) is 13.2. The number of nitrogens with one attached hydrogen (secondary N) is 1. The molecule has 1 saturated carbocycles. The third-order valence-corrected chi connectivity index (χ3v) is 3.52. The summed E-state index contributed by atoms with van der Waals surface area (Å²) in [6.07, 6.45) is 1.55. The third-order valence-electron chi connectivity index (χ3n) is 3.52. The molecule has 0 saturated heterocycles. The van der Waals surface area contributed by atoms with Gasteiger partial charge in [-0.1, -0.05) is 0 Å². The molecule has 1 heterocycles. The summed E-state index contributed by atoms with van der Waals surface area (Å²) in [5.74, 6) is -0.963. The lowest BCUT2D eigenvalue weighted by molar-refractivity contribution is -0.0520. The topological polar surface area (TPSA) is 38.1 Å². The fourth-order valence-electron chi connectivity index (χ4n) is 2.45. The minimum absolute atomic E-state index is 0.00361.